The molecule has 5 nitrogen and oxygen atoms in total. The molecule has 0 aromatic rings. The number of aliphatic imine (C=N–C) groups is 2. The number of hydrogen-bond donors (Lipinski definition) is 1. The van der Waals surface area contributed by atoms with Crippen molar-refractivity contribution in [3.63, 3.8) is 0 Å². The number of halogens is 1. The van der Waals surface area contributed by atoms with Crippen LogP contribution in [0.25, 0.3) is 0 Å². The first-order valence-electron chi connectivity index (χ1n) is 4.25. The highest BCUT2D eigenvalue weighted by Crippen LogP contribution is 2.05. The minimum atomic E-state index is -0.301. The lowest BCUT2D eigenvalue weighted by molar-refractivity contribution is -0.682. The predicted molar refractivity (Wildman–Crippen MR) is 50.7 cm³/mol. The monoisotopic (exact) mass is 227 g/mol. The molecule has 2 heterocycles. The van der Waals surface area contributed by atoms with Crippen molar-refractivity contribution in [1.29, 1.82) is 0 Å². The third-order valence-corrected chi connectivity index (χ3v) is 1.94. The molecule has 1 atom stereocenters. The average molecular weight is 228 g/mol. The predicted octanol–water partition coefficient (Wildman–Crippen LogP) is -3.75. The highest BCUT2D eigenvalue weighted by molar-refractivity contribution is 5.81. The lowest BCUT2D eigenvalue weighted by Gasteiger charge is -2.06. The molecule has 0 saturated carbocycles. The smallest absolute Gasteiger partial charge is 0.303 e. The topological polar surface area (TPSA) is 55.5 Å². The molecule has 0 fully saturated rings. The van der Waals surface area contributed by atoms with E-state index in [1.807, 2.05) is 6.20 Å². The Balaban J connectivity index is 0.00000112. The molecule has 1 N–H and O–H groups in total. The molecule has 0 aromatic heterocycles. The normalized spacial score (nSPS) is 21.3. The molecule has 2 rings (SSSR count). The Kier molecular flexibility index (Phi) is 3.76. The number of fused-ring (bicyclic) bond motifs is 1. The van der Waals surface area contributed by atoms with Crippen LogP contribution in [-0.4, -0.2) is 25.1 Å². The second kappa shape index (κ2) is 4.86. The third kappa shape index (κ3) is 2.51. The maximum atomic E-state index is 10.6. The van der Waals surface area contributed by atoms with E-state index in [0.717, 1.165) is 16.3 Å². The summed E-state index contributed by atoms with van der Waals surface area (Å²) in [6, 6.07) is 0. The van der Waals surface area contributed by atoms with Gasteiger partial charge in [-0.25, -0.2) is 4.90 Å². The Morgan fingerprint density at radius 2 is 2.40 bits per heavy atom. The number of nitrogens with zero attached hydrogens (tertiary/aromatic N) is 2. The summed E-state index contributed by atoms with van der Waals surface area (Å²) in [5.74, 6) is -0.301. The fourth-order valence-corrected chi connectivity index (χ4v) is 1.26. The van der Waals surface area contributed by atoms with E-state index < -0.39 is 0 Å². The standard InChI is InChI=1S/C9H9N3O2.ClH/c1-7(13)14-5-8-9-4-10-2-3-12(9)6-11-8;/h2-4,6H,5H2,1H3;1H. The number of rotatable bonds is 2. The third-order valence-electron chi connectivity index (χ3n) is 1.94. The van der Waals surface area contributed by atoms with Crippen LogP contribution in [0.5, 0.6) is 0 Å². The Hall–Kier alpha value is -1.46. The molecular weight excluding hydrogens is 218 g/mol. The van der Waals surface area contributed by atoms with Crippen LogP contribution in [0.3, 0.4) is 0 Å². The molecule has 1 unspecified atom stereocenters. The van der Waals surface area contributed by atoms with Crippen molar-refractivity contribution in [2.75, 3.05) is 6.61 Å². The van der Waals surface area contributed by atoms with E-state index in [-0.39, 0.29) is 25.0 Å². The van der Waals surface area contributed by atoms with Crippen molar-refractivity contribution in [2.24, 2.45) is 9.98 Å². The average Bonchev–Trinajstić information content (AvgIpc) is 2.58. The number of allylic oxidation sites excluding steroid dienone is 1. The van der Waals surface area contributed by atoms with Gasteiger partial charge in [-0.1, -0.05) is 0 Å². The highest BCUT2D eigenvalue weighted by atomic mass is 35.5. The molecule has 0 amide bonds. The molecule has 0 saturated heterocycles. The number of esters is 1. The zero-order valence-corrected chi connectivity index (χ0v) is 8.86. The number of carbonyl (C=O) groups is 1. The van der Waals surface area contributed by atoms with E-state index in [0.29, 0.717) is 0 Å². The van der Waals surface area contributed by atoms with E-state index >= 15 is 0 Å². The summed E-state index contributed by atoms with van der Waals surface area (Å²) in [5.41, 5.74) is 1.69. The van der Waals surface area contributed by atoms with Gasteiger partial charge in [-0.2, -0.15) is 4.99 Å². The fraction of sp³-hybridized carbons (Fsp3) is 0.222. The van der Waals surface area contributed by atoms with Gasteiger partial charge in [0.2, 0.25) is 0 Å². The van der Waals surface area contributed by atoms with Crippen molar-refractivity contribution in [3.05, 3.63) is 23.8 Å². The maximum Gasteiger partial charge on any atom is 0.303 e. The summed E-state index contributed by atoms with van der Waals surface area (Å²) in [6.45, 7) is 1.59. The quantitative estimate of drug-likeness (QED) is 0.493. The largest absolute Gasteiger partial charge is 1.00 e. The van der Waals surface area contributed by atoms with Gasteiger partial charge >= 0.3 is 5.97 Å². The molecule has 0 aromatic carbocycles. The second-order valence-corrected chi connectivity index (χ2v) is 2.95. The number of carbonyl (C=O) groups excluding carboxylic acids is 1. The summed E-state index contributed by atoms with van der Waals surface area (Å²) < 4.78 is 4.87. The first-order valence-corrected chi connectivity index (χ1v) is 4.25. The minimum Gasteiger partial charge on any atom is -1.00 e. The van der Waals surface area contributed by atoms with E-state index in [2.05, 4.69) is 9.98 Å². The Morgan fingerprint density at radius 3 is 3.13 bits per heavy atom. The minimum absolute atomic E-state index is 0. The van der Waals surface area contributed by atoms with Crippen LogP contribution in [0.4, 0.5) is 0 Å². The van der Waals surface area contributed by atoms with Gasteiger partial charge in [-0.05, 0) is 0 Å². The van der Waals surface area contributed by atoms with E-state index in [9.17, 15) is 4.79 Å². The number of hydrogen-bond acceptors (Lipinski definition) is 4. The second-order valence-electron chi connectivity index (χ2n) is 2.95. The van der Waals surface area contributed by atoms with Crippen LogP contribution in [0.1, 0.15) is 6.92 Å². The van der Waals surface area contributed by atoms with Gasteiger partial charge in [0.25, 0.3) is 0 Å². The van der Waals surface area contributed by atoms with Crippen molar-refractivity contribution < 1.29 is 26.8 Å². The lowest BCUT2D eigenvalue weighted by atomic mass is 10.3. The molecule has 15 heavy (non-hydrogen) atoms. The van der Waals surface area contributed by atoms with Crippen molar-refractivity contribution >= 4 is 18.5 Å². The summed E-state index contributed by atoms with van der Waals surface area (Å²) in [4.78, 5) is 19.8. The molecule has 0 aliphatic carbocycles. The molecule has 80 valence electrons. The van der Waals surface area contributed by atoms with Crippen LogP contribution >= 0.6 is 0 Å². The fourth-order valence-electron chi connectivity index (χ4n) is 1.26. The number of quaternary nitrogens is 1. The van der Waals surface area contributed by atoms with Gasteiger partial charge in [0.15, 0.2) is 12.0 Å². The molecule has 0 bridgehead atoms. The van der Waals surface area contributed by atoms with Crippen molar-refractivity contribution in [2.45, 2.75) is 6.92 Å². The van der Waals surface area contributed by atoms with Crippen LogP contribution in [0.2, 0.25) is 0 Å². The zero-order chi connectivity index (χ0) is 9.97. The molecule has 2 aliphatic rings. The van der Waals surface area contributed by atoms with Crippen LogP contribution in [-0.2, 0) is 9.53 Å². The van der Waals surface area contributed by atoms with Crippen LogP contribution in [0.15, 0.2) is 33.8 Å². The Morgan fingerprint density at radius 1 is 1.60 bits per heavy atom. The summed E-state index contributed by atoms with van der Waals surface area (Å²) in [5, 5.41) is 0. The summed E-state index contributed by atoms with van der Waals surface area (Å²) >= 11 is 0. The van der Waals surface area contributed by atoms with E-state index in [4.69, 9.17) is 4.74 Å². The number of nitrogens with one attached hydrogen (secondary N) is 1. The van der Waals surface area contributed by atoms with Crippen LogP contribution < -0.4 is 17.3 Å². The summed E-state index contributed by atoms with van der Waals surface area (Å²) in [6.07, 6.45) is 7.05. The summed E-state index contributed by atoms with van der Waals surface area (Å²) in [7, 11) is 0. The van der Waals surface area contributed by atoms with Crippen molar-refractivity contribution in [3.8, 4) is 0 Å². The molecule has 2 aliphatic heterocycles. The molecule has 0 spiro atoms. The molecule has 0 radical (unpaired) electrons. The SMILES string of the molecule is CC(=O)OCC1=C2C=NC=C[NH+]2C=N1.[Cl-]. The Bertz CT molecular complexity index is 385. The van der Waals surface area contributed by atoms with Gasteiger partial charge in [-0.15, -0.1) is 0 Å². The van der Waals surface area contributed by atoms with Gasteiger partial charge in [0.1, 0.15) is 18.5 Å². The molecular formula is C9H10ClN3O2. The Labute approximate surface area is 93.2 Å². The lowest BCUT2D eigenvalue weighted by Crippen LogP contribution is -3.04. The van der Waals surface area contributed by atoms with Gasteiger partial charge in [-0.3, -0.25) is 9.79 Å². The van der Waals surface area contributed by atoms with Gasteiger partial charge in [0.05, 0.1) is 12.4 Å². The zero-order valence-electron chi connectivity index (χ0n) is 8.11. The van der Waals surface area contributed by atoms with Gasteiger partial charge < -0.3 is 17.1 Å². The molecule has 6 heteroatoms. The maximum absolute atomic E-state index is 10.6. The highest BCUT2D eigenvalue weighted by Gasteiger charge is 2.23. The van der Waals surface area contributed by atoms with Crippen LogP contribution in [0, 0.1) is 0 Å². The first kappa shape index (κ1) is 11.6. The number of ether oxygens (including phenoxy) is 1. The van der Waals surface area contributed by atoms with E-state index in [1.54, 1.807) is 18.8 Å². The first-order chi connectivity index (χ1) is 6.77. The van der Waals surface area contributed by atoms with Crippen molar-refractivity contribution in [1.82, 2.24) is 0 Å². The van der Waals surface area contributed by atoms with Gasteiger partial charge in [0, 0.05) is 6.92 Å². The van der Waals surface area contributed by atoms with E-state index in [1.165, 1.54) is 6.92 Å².